The highest BCUT2D eigenvalue weighted by Gasteiger charge is 2.20. The van der Waals surface area contributed by atoms with Crippen LogP contribution < -0.4 is 10.2 Å². The van der Waals surface area contributed by atoms with Gasteiger partial charge in [-0.1, -0.05) is 19.1 Å². The fourth-order valence-corrected chi connectivity index (χ4v) is 3.24. The van der Waals surface area contributed by atoms with Crippen LogP contribution in [0.5, 0.6) is 0 Å². The monoisotopic (exact) mass is 384 g/mol. The summed E-state index contributed by atoms with van der Waals surface area (Å²) in [5, 5.41) is 14.3. The van der Waals surface area contributed by atoms with E-state index in [2.05, 4.69) is 39.0 Å². The number of nitrogens with one attached hydrogen (secondary N) is 1. The second-order valence-electron chi connectivity index (χ2n) is 7.03. The summed E-state index contributed by atoms with van der Waals surface area (Å²) in [6.07, 6.45) is 3.68. The predicted molar refractivity (Wildman–Crippen MR) is 107 cm³/mol. The van der Waals surface area contributed by atoms with Crippen LogP contribution in [0.4, 0.5) is 17.2 Å². The topological polar surface area (TPSA) is 97.6 Å². The first-order valence-corrected chi connectivity index (χ1v) is 9.28. The van der Waals surface area contributed by atoms with Gasteiger partial charge in [-0.2, -0.15) is 0 Å². The van der Waals surface area contributed by atoms with Gasteiger partial charge in [-0.3, -0.25) is 10.1 Å². The van der Waals surface area contributed by atoms with Crippen molar-refractivity contribution in [3.63, 3.8) is 0 Å². The molecule has 0 bridgehead atoms. The van der Waals surface area contributed by atoms with E-state index in [-0.39, 0.29) is 17.1 Å². The van der Waals surface area contributed by atoms with Crippen molar-refractivity contribution < 1.29 is 14.5 Å². The number of methoxy groups -OCH3 is 1. The van der Waals surface area contributed by atoms with Gasteiger partial charge in [-0.25, -0.2) is 9.78 Å². The quantitative estimate of drug-likeness (QED) is 0.461. The van der Waals surface area contributed by atoms with Crippen LogP contribution in [0, 0.1) is 16.0 Å². The van der Waals surface area contributed by atoms with E-state index in [1.54, 1.807) is 0 Å². The number of anilines is 2. The van der Waals surface area contributed by atoms with Gasteiger partial charge in [0.05, 0.1) is 17.6 Å². The van der Waals surface area contributed by atoms with E-state index in [1.807, 2.05) is 12.1 Å². The van der Waals surface area contributed by atoms with Gasteiger partial charge in [0, 0.05) is 37.6 Å². The molecule has 0 unspecified atom stereocenters. The number of nitrogens with zero attached hydrogens (tertiary/aromatic N) is 3. The zero-order chi connectivity index (χ0) is 20.1. The van der Waals surface area contributed by atoms with Gasteiger partial charge in [0.25, 0.3) is 0 Å². The molecule has 1 aliphatic heterocycles. The van der Waals surface area contributed by atoms with Crippen molar-refractivity contribution >= 4 is 23.2 Å². The molecule has 1 saturated heterocycles. The smallest absolute Gasteiger partial charge is 0.339 e. The zero-order valence-corrected chi connectivity index (χ0v) is 16.1. The molecule has 0 atom stereocenters. The largest absolute Gasteiger partial charge is 0.465 e. The number of aromatic nitrogens is 1. The molecule has 2 aromatic rings. The van der Waals surface area contributed by atoms with Crippen LogP contribution in [0.15, 0.2) is 36.5 Å². The third-order valence-electron chi connectivity index (χ3n) is 5.03. The summed E-state index contributed by atoms with van der Waals surface area (Å²) in [5.74, 6) is 0.241. The van der Waals surface area contributed by atoms with Crippen LogP contribution in [0.3, 0.4) is 0 Å². The number of hydrogen-bond donors (Lipinski definition) is 1. The standard InChI is InChI=1S/C20H24N4O4/c1-14-7-9-23(10-8-14)17-5-3-15(4-6-17)12-21-19-18(24(26)27)11-16(13-22-19)20(25)28-2/h3-6,11,13-14H,7-10,12H2,1-2H3,(H,21,22). The molecule has 1 N–H and O–H groups in total. The van der Waals surface area contributed by atoms with E-state index in [4.69, 9.17) is 0 Å². The number of carbonyl (C=O) groups excluding carboxylic acids is 1. The van der Waals surface area contributed by atoms with Crippen molar-refractivity contribution in [1.29, 1.82) is 0 Å². The predicted octanol–water partition coefficient (Wildman–Crippen LogP) is 3.62. The molecule has 0 radical (unpaired) electrons. The molecular formula is C20H24N4O4. The zero-order valence-electron chi connectivity index (χ0n) is 16.1. The maximum Gasteiger partial charge on any atom is 0.339 e. The molecule has 0 saturated carbocycles. The number of ether oxygens (including phenoxy) is 1. The number of nitro groups is 1. The Kier molecular flexibility index (Phi) is 6.08. The number of benzene rings is 1. The minimum absolute atomic E-state index is 0.0416. The fraction of sp³-hybridized carbons (Fsp3) is 0.400. The molecule has 0 amide bonds. The average molecular weight is 384 g/mol. The van der Waals surface area contributed by atoms with Crippen molar-refractivity contribution in [2.75, 3.05) is 30.4 Å². The normalized spacial score (nSPS) is 14.6. The van der Waals surface area contributed by atoms with E-state index >= 15 is 0 Å². The van der Waals surface area contributed by atoms with E-state index in [1.165, 1.54) is 37.9 Å². The lowest BCUT2D eigenvalue weighted by atomic mass is 9.99. The third kappa shape index (κ3) is 4.57. The van der Waals surface area contributed by atoms with Gasteiger partial charge >= 0.3 is 11.7 Å². The molecule has 28 heavy (non-hydrogen) atoms. The molecule has 8 heteroatoms. The summed E-state index contributed by atoms with van der Waals surface area (Å²) in [5.41, 5.74) is 1.96. The lowest BCUT2D eigenvalue weighted by Gasteiger charge is -2.32. The lowest BCUT2D eigenvalue weighted by molar-refractivity contribution is -0.384. The van der Waals surface area contributed by atoms with Crippen molar-refractivity contribution in [1.82, 2.24) is 4.98 Å². The summed E-state index contributed by atoms with van der Waals surface area (Å²) in [4.78, 5) is 28.7. The summed E-state index contributed by atoms with van der Waals surface area (Å²) in [7, 11) is 1.22. The summed E-state index contributed by atoms with van der Waals surface area (Å²) < 4.78 is 4.58. The van der Waals surface area contributed by atoms with Crippen LogP contribution in [-0.2, 0) is 11.3 Å². The molecule has 148 valence electrons. The molecule has 3 rings (SSSR count). The minimum atomic E-state index is -0.662. The Hall–Kier alpha value is -3.16. The van der Waals surface area contributed by atoms with E-state index < -0.39 is 10.9 Å². The highest BCUT2D eigenvalue weighted by molar-refractivity contribution is 5.90. The number of hydrogen-bond acceptors (Lipinski definition) is 7. The highest BCUT2D eigenvalue weighted by Crippen LogP contribution is 2.25. The number of piperidine rings is 1. The first-order valence-electron chi connectivity index (χ1n) is 9.28. The van der Waals surface area contributed by atoms with Crippen LogP contribution in [-0.4, -0.2) is 36.1 Å². The van der Waals surface area contributed by atoms with Gasteiger partial charge in [-0.05, 0) is 36.5 Å². The number of carbonyl (C=O) groups is 1. The second-order valence-corrected chi connectivity index (χ2v) is 7.03. The molecule has 0 aliphatic carbocycles. The van der Waals surface area contributed by atoms with E-state index in [0.717, 1.165) is 24.6 Å². The Morgan fingerprint density at radius 3 is 2.61 bits per heavy atom. The maximum atomic E-state index is 11.6. The molecule has 1 fully saturated rings. The summed E-state index contributed by atoms with van der Waals surface area (Å²) >= 11 is 0. The van der Waals surface area contributed by atoms with Crippen molar-refractivity contribution in [2.45, 2.75) is 26.3 Å². The Balaban J connectivity index is 1.66. The van der Waals surface area contributed by atoms with Crippen molar-refractivity contribution in [2.24, 2.45) is 5.92 Å². The Morgan fingerprint density at radius 2 is 2.00 bits per heavy atom. The van der Waals surface area contributed by atoms with Gasteiger partial charge in [0.1, 0.15) is 0 Å². The van der Waals surface area contributed by atoms with Gasteiger partial charge in [-0.15, -0.1) is 0 Å². The van der Waals surface area contributed by atoms with Gasteiger partial charge in [0.15, 0.2) is 0 Å². The Morgan fingerprint density at radius 1 is 1.32 bits per heavy atom. The number of pyridine rings is 1. The van der Waals surface area contributed by atoms with Crippen LogP contribution in [0.25, 0.3) is 0 Å². The van der Waals surface area contributed by atoms with Gasteiger partial charge < -0.3 is 15.0 Å². The minimum Gasteiger partial charge on any atom is -0.465 e. The molecule has 1 aliphatic rings. The number of esters is 1. The second kappa shape index (κ2) is 8.69. The Bertz CT molecular complexity index is 846. The van der Waals surface area contributed by atoms with E-state index in [0.29, 0.717) is 6.54 Å². The maximum absolute atomic E-state index is 11.6. The van der Waals surface area contributed by atoms with Crippen molar-refractivity contribution in [3.05, 3.63) is 57.8 Å². The molecule has 2 heterocycles. The fourth-order valence-electron chi connectivity index (χ4n) is 3.24. The summed E-state index contributed by atoms with van der Waals surface area (Å²) in [6.45, 7) is 4.82. The SMILES string of the molecule is COC(=O)c1cnc(NCc2ccc(N3CCC(C)CC3)cc2)c([N+](=O)[O-])c1. The first kappa shape index (κ1) is 19.6. The summed E-state index contributed by atoms with van der Waals surface area (Å²) in [6, 6.07) is 9.34. The van der Waals surface area contributed by atoms with Crippen LogP contribution in [0.1, 0.15) is 35.7 Å². The van der Waals surface area contributed by atoms with Crippen molar-refractivity contribution in [3.8, 4) is 0 Å². The highest BCUT2D eigenvalue weighted by atomic mass is 16.6. The van der Waals surface area contributed by atoms with Gasteiger partial charge in [0.2, 0.25) is 5.82 Å². The van der Waals surface area contributed by atoms with E-state index in [9.17, 15) is 14.9 Å². The number of rotatable bonds is 6. The third-order valence-corrected chi connectivity index (χ3v) is 5.03. The lowest BCUT2D eigenvalue weighted by Crippen LogP contribution is -2.32. The van der Waals surface area contributed by atoms with Crippen LogP contribution in [0.2, 0.25) is 0 Å². The average Bonchev–Trinajstić information content (AvgIpc) is 2.72. The molecular weight excluding hydrogens is 360 g/mol. The molecule has 8 nitrogen and oxygen atoms in total. The first-order chi connectivity index (χ1) is 13.5. The molecule has 1 aromatic carbocycles. The molecule has 0 spiro atoms. The van der Waals surface area contributed by atoms with Crippen LogP contribution >= 0.6 is 0 Å². The Labute approximate surface area is 163 Å². The molecule has 1 aromatic heterocycles.